The van der Waals surface area contributed by atoms with Gasteiger partial charge in [0.25, 0.3) is 0 Å². The lowest BCUT2D eigenvalue weighted by Crippen LogP contribution is -2.26. The molecule has 3 aromatic rings. The minimum absolute atomic E-state index is 0.0631. The minimum Gasteiger partial charge on any atom is -0.593 e. The summed E-state index contributed by atoms with van der Waals surface area (Å²) >= 11 is -0.947. The highest BCUT2D eigenvalue weighted by atomic mass is 32.2. The van der Waals surface area contributed by atoms with Gasteiger partial charge in [0, 0.05) is 44.1 Å². The van der Waals surface area contributed by atoms with Crippen LogP contribution in [0, 0.1) is 12.8 Å². The van der Waals surface area contributed by atoms with Crippen molar-refractivity contribution in [3.63, 3.8) is 0 Å². The SMILES string of the molecule is Cc1cc(-c2cc3nn(C)cc3c(O[C@H](C)[C@H]3CNC(=O)C3)n2)ccc1N1CCC[S+]1[O-]. The van der Waals surface area contributed by atoms with Crippen molar-refractivity contribution in [1.82, 2.24) is 20.1 Å². The van der Waals surface area contributed by atoms with Gasteiger partial charge in [-0.1, -0.05) is 6.07 Å². The smallest absolute Gasteiger partial charge is 0.225 e. The Morgan fingerprint density at radius 3 is 2.88 bits per heavy atom. The number of benzene rings is 1. The number of hydrogen-bond acceptors (Lipinski definition) is 6. The van der Waals surface area contributed by atoms with Gasteiger partial charge >= 0.3 is 0 Å². The molecule has 1 unspecified atom stereocenters. The number of ether oxygens (including phenoxy) is 1. The average Bonchev–Trinajstić information content (AvgIpc) is 3.47. The van der Waals surface area contributed by atoms with Gasteiger partial charge in [-0.15, -0.1) is 0 Å². The Labute approximate surface area is 190 Å². The fourth-order valence-corrected chi connectivity index (χ4v) is 5.80. The largest absolute Gasteiger partial charge is 0.593 e. The Morgan fingerprint density at radius 1 is 1.34 bits per heavy atom. The van der Waals surface area contributed by atoms with E-state index >= 15 is 0 Å². The number of pyridine rings is 1. The van der Waals surface area contributed by atoms with E-state index in [0.717, 1.165) is 52.1 Å². The average molecular weight is 454 g/mol. The molecule has 1 aromatic carbocycles. The number of anilines is 1. The maximum absolute atomic E-state index is 12.3. The van der Waals surface area contributed by atoms with Gasteiger partial charge in [-0.05, 0) is 37.6 Å². The first kappa shape index (κ1) is 21.1. The molecule has 168 valence electrons. The second-order valence-corrected chi connectivity index (χ2v) is 10.1. The highest BCUT2D eigenvalue weighted by Crippen LogP contribution is 2.34. The van der Waals surface area contributed by atoms with Gasteiger partial charge in [-0.3, -0.25) is 9.48 Å². The normalized spacial score (nSPS) is 21.9. The molecule has 0 spiro atoms. The van der Waals surface area contributed by atoms with Gasteiger partial charge in [-0.25, -0.2) is 4.98 Å². The van der Waals surface area contributed by atoms with Crippen LogP contribution in [0.25, 0.3) is 22.2 Å². The second kappa shape index (κ2) is 8.29. The summed E-state index contributed by atoms with van der Waals surface area (Å²) in [6.07, 6.45) is 3.17. The van der Waals surface area contributed by atoms with Crippen LogP contribution in [0.4, 0.5) is 5.69 Å². The summed E-state index contributed by atoms with van der Waals surface area (Å²) in [5, 5.41) is 8.29. The molecule has 2 aromatic heterocycles. The predicted molar refractivity (Wildman–Crippen MR) is 125 cm³/mol. The summed E-state index contributed by atoms with van der Waals surface area (Å²) in [6.45, 7) is 5.46. The van der Waals surface area contributed by atoms with Crippen LogP contribution in [0.15, 0.2) is 30.5 Å². The van der Waals surface area contributed by atoms with Crippen molar-refractivity contribution in [3.05, 3.63) is 36.0 Å². The van der Waals surface area contributed by atoms with Gasteiger partial charge in [-0.2, -0.15) is 9.40 Å². The molecule has 32 heavy (non-hydrogen) atoms. The molecule has 1 N–H and O–H groups in total. The summed E-state index contributed by atoms with van der Waals surface area (Å²) < 4.78 is 22.3. The molecule has 2 saturated heterocycles. The molecule has 0 saturated carbocycles. The van der Waals surface area contributed by atoms with E-state index in [2.05, 4.69) is 16.5 Å². The molecule has 2 fully saturated rings. The number of aryl methyl sites for hydroxylation is 2. The van der Waals surface area contributed by atoms with Gasteiger partial charge in [0.2, 0.25) is 11.8 Å². The van der Waals surface area contributed by atoms with Gasteiger partial charge < -0.3 is 14.6 Å². The van der Waals surface area contributed by atoms with Crippen molar-refractivity contribution in [2.24, 2.45) is 13.0 Å². The van der Waals surface area contributed by atoms with Crippen LogP contribution in [0.3, 0.4) is 0 Å². The molecule has 1 amide bonds. The standard InChI is InChI=1S/C23H27N5O3S/c1-14-9-16(5-6-21(14)28-7-4-8-32(28)30)19-11-20-18(13-27(3)26-20)23(25-19)31-15(2)17-10-22(29)24-12-17/h5-6,9,11,13,15,17H,4,7-8,10,12H2,1-3H3,(H,24,29)/t15-,17-,32?/m1/s1. The zero-order valence-electron chi connectivity index (χ0n) is 18.5. The lowest BCUT2D eigenvalue weighted by atomic mass is 10.0. The number of hydrogen-bond donors (Lipinski definition) is 1. The van der Waals surface area contributed by atoms with Crippen LogP contribution >= 0.6 is 0 Å². The summed E-state index contributed by atoms with van der Waals surface area (Å²) in [4.78, 5) is 16.5. The highest BCUT2D eigenvalue weighted by Gasteiger charge is 2.30. The molecule has 5 rings (SSSR count). The summed E-state index contributed by atoms with van der Waals surface area (Å²) in [6, 6.07) is 8.09. The Hall–Kier alpha value is -2.78. The number of amides is 1. The molecule has 2 aliphatic heterocycles. The monoisotopic (exact) mass is 453 g/mol. The van der Waals surface area contributed by atoms with Gasteiger partial charge in [0.15, 0.2) is 0 Å². The molecule has 4 heterocycles. The van der Waals surface area contributed by atoms with E-state index in [1.54, 1.807) is 4.68 Å². The van der Waals surface area contributed by atoms with E-state index in [0.29, 0.717) is 18.8 Å². The first-order valence-electron chi connectivity index (χ1n) is 10.9. The predicted octanol–water partition coefficient (Wildman–Crippen LogP) is 2.72. The molecular weight excluding hydrogens is 426 g/mol. The number of nitrogens with zero attached hydrogens (tertiary/aromatic N) is 4. The van der Waals surface area contributed by atoms with Crippen molar-refractivity contribution in [3.8, 4) is 17.1 Å². The van der Waals surface area contributed by atoms with Crippen molar-refractivity contribution in [2.45, 2.75) is 32.8 Å². The van der Waals surface area contributed by atoms with Crippen molar-refractivity contribution in [2.75, 3.05) is 23.1 Å². The van der Waals surface area contributed by atoms with Crippen LogP contribution in [0.5, 0.6) is 5.88 Å². The number of nitrogens with one attached hydrogen (secondary N) is 1. The third kappa shape index (κ3) is 3.91. The van der Waals surface area contributed by atoms with Crippen LogP contribution in [-0.4, -0.2) is 50.2 Å². The van der Waals surface area contributed by atoms with Crippen LogP contribution in [0.1, 0.15) is 25.3 Å². The zero-order valence-corrected chi connectivity index (χ0v) is 19.3. The molecule has 9 heteroatoms. The molecule has 0 aliphatic carbocycles. The summed E-state index contributed by atoms with van der Waals surface area (Å²) in [5.41, 5.74) is 4.61. The van der Waals surface area contributed by atoms with Crippen LogP contribution in [-0.2, 0) is 23.2 Å². The second-order valence-electron chi connectivity index (χ2n) is 8.62. The zero-order chi connectivity index (χ0) is 22.4. The fourth-order valence-electron chi connectivity index (χ4n) is 4.45. The lowest BCUT2D eigenvalue weighted by molar-refractivity contribution is -0.119. The number of rotatable bonds is 5. The number of fused-ring (bicyclic) bond motifs is 1. The van der Waals surface area contributed by atoms with E-state index in [9.17, 15) is 9.35 Å². The quantitative estimate of drug-likeness (QED) is 0.597. The van der Waals surface area contributed by atoms with E-state index in [4.69, 9.17) is 9.72 Å². The summed E-state index contributed by atoms with van der Waals surface area (Å²) in [7, 11) is 1.88. The third-order valence-corrected chi connectivity index (χ3v) is 7.75. The Balaban J connectivity index is 1.49. The van der Waals surface area contributed by atoms with Crippen LogP contribution in [0.2, 0.25) is 0 Å². The molecule has 2 aliphatic rings. The molecule has 0 bridgehead atoms. The van der Waals surface area contributed by atoms with Gasteiger partial charge in [0.05, 0.1) is 40.2 Å². The Kier molecular flexibility index (Phi) is 5.46. The first-order chi connectivity index (χ1) is 15.4. The minimum atomic E-state index is -0.947. The maximum Gasteiger partial charge on any atom is 0.225 e. The number of carbonyl (C=O) groups is 1. The first-order valence-corrected chi connectivity index (χ1v) is 12.2. The Bertz CT molecular complexity index is 1180. The summed E-state index contributed by atoms with van der Waals surface area (Å²) in [5.74, 6) is 1.43. The topological polar surface area (TPSA) is 95.3 Å². The van der Waals surface area contributed by atoms with E-state index < -0.39 is 11.4 Å². The van der Waals surface area contributed by atoms with E-state index in [1.807, 2.05) is 49.6 Å². The number of carbonyl (C=O) groups excluding carboxylic acids is 1. The highest BCUT2D eigenvalue weighted by molar-refractivity contribution is 7.93. The van der Waals surface area contributed by atoms with Crippen molar-refractivity contribution in [1.29, 1.82) is 0 Å². The third-order valence-electron chi connectivity index (χ3n) is 6.24. The molecule has 3 atom stereocenters. The lowest BCUT2D eigenvalue weighted by Gasteiger charge is -2.21. The fraction of sp³-hybridized carbons (Fsp3) is 0.435. The van der Waals surface area contributed by atoms with E-state index in [-0.39, 0.29) is 17.9 Å². The maximum atomic E-state index is 12.3. The molecule has 8 nitrogen and oxygen atoms in total. The van der Waals surface area contributed by atoms with Crippen LogP contribution < -0.4 is 14.4 Å². The molecular formula is C23H27N5O3S. The molecule has 0 radical (unpaired) electrons. The van der Waals surface area contributed by atoms with E-state index in [1.165, 1.54) is 0 Å². The Morgan fingerprint density at radius 2 is 2.19 bits per heavy atom. The van der Waals surface area contributed by atoms with Gasteiger partial charge in [0.1, 0.15) is 11.9 Å². The number of aromatic nitrogens is 3. The van der Waals surface area contributed by atoms with Crippen molar-refractivity contribution < 1.29 is 14.1 Å². The van der Waals surface area contributed by atoms with Crippen molar-refractivity contribution >= 4 is 33.9 Å².